The summed E-state index contributed by atoms with van der Waals surface area (Å²) in [5.74, 6) is -0.727. The number of nitrogens with one attached hydrogen (secondary N) is 2. The van der Waals surface area contributed by atoms with Crippen LogP contribution >= 0.6 is 12.4 Å². The molecule has 0 aliphatic carbocycles. The third kappa shape index (κ3) is 4.56. The smallest absolute Gasteiger partial charge is 0.286 e. The Balaban J connectivity index is 0.00000306. The molecule has 4 aromatic rings. The van der Waals surface area contributed by atoms with Crippen molar-refractivity contribution >= 4 is 23.6 Å². The number of hydrogen-bond donors (Lipinski definition) is 2. The molecule has 8 nitrogen and oxygen atoms in total. The van der Waals surface area contributed by atoms with Gasteiger partial charge in [-0.2, -0.15) is 0 Å². The van der Waals surface area contributed by atoms with Gasteiger partial charge in [0.1, 0.15) is 23.3 Å². The number of rotatable bonds is 8. The number of aromatic amines is 1. The fraction of sp³-hybridized carbons (Fsp3) is 0.292. The van der Waals surface area contributed by atoms with Crippen molar-refractivity contribution in [1.29, 1.82) is 5.41 Å². The summed E-state index contributed by atoms with van der Waals surface area (Å²) >= 11 is 0. The quantitative estimate of drug-likeness (QED) is 0.379. The van der Waals surface area contributed by atoms with Gasteiger partial charge < -0.3 is 19.2 Å². The van der Waals surface area contributed by atoms with E-state index in [-0.39, 0.29) is 17.9 Å². The van der Waals surface area contributed by atoms with Gasteiger partial charge in [0, 0.05) is 19.8 Å². The van der Waals surface area contributed by atoms with Crippen LogP contribution in [0.1, 0.15) is 30.8 Å². The molecule has 0 fully saturated rings. The number of hydrogen-bond acceptors (Lipinski definition) is 6. The molecule has 0 radical (unpaired) electrons. The lowest BCUT2D eigenvalue weighted by Gasteiger charge is -2.33. The Morgan fingerprint density at radius 2 is 1.58 bits per heavy atom. The SMILES string of the molecule is COC(OC)(c1ccccc1)n1cnc(=N)c2[nH]c(C(C)(C)OCc3ccccc3)nc21.Cl. The Hall–Kier alpha value is -3.04. The molecule has 0 spiro atoms. The first kappa shape index (κ1) is 24.6. The van der Waals surface area contributed by atoms with Crippen LogP contribution in [0.25, 0.3) is 11.2 Å². The molecule has 4 rings (SSSR count). The van der Waals surface area contributed by atoms with Gasteiger partial charge in [-0.25, -0.2) is 9.97 Å². The van der Waals surface area contributed by atoms with Crippen LogP contribution in [0.15, 0.2) is 67.0 Å². The average Bonchev–Trinajstić information content (AvgIpc) is 3.29. The molecule has 0 atom stereocenters. The van der Waals surface area contributed by atoms with Crippen molar-refractivity contribution < 1.29 is 14.2 Å². The number of nitrogens with zero attached hydrogens (tertiary/aromatic N) is 3. The number of methoxy groups -OCH3 is 2. The van der Waals surface area contributed by atoms with E-state index in [9.17, 15) is 0 Å². The fourth-order valence-electron chi connectivity index (χ4n) is 3.65. The molecule has 2 aromatic heterocycles. The molecular formula is C24H28ClN5O3. The molecule has 0 aliphatic heterocycles. The van der Waals surface area contributed by atoms with E-state index in [0.29, 0.717) is 23.6 Å². The van der Waals surface area contributed by atoms with Crippen molar-refractivity contribution in [2.75, 3.05) is 14.2 Å². The van der Waals surface area contributed by atoms with Crippen molar-refractivity contribution in [2.45, 2.75) is 32.0 Å². The number of H-pyrrole nitrogens is 1. The molecular weight excluding hydrogens is 442 g/mol. The minimum Gasteiger partial charge on any atom is -0.363 e. The monoisotopic (exact) mass is 469 g/mol. The second-order valence-electron chi connectivity index (χ2n) is 7.89. The molecule has 0 aliphatic rings. The van der Waals surface area contributed by atoms with Crippen LogP contribution in [0, 0.1) is 5.41 Å². The summed E-state index contributed by atoms with van der Waals surface area (Å²) in [7, 11) is 3.12. The Labute approximate surface area is 198 Å². The van der Waals surface area contributed by atoms with E-state index < -0.39 is 11.5 Å². The fourth-order valence-corrected chi connectivity index (χ4v) is 3.65. The number of imidazole rings is 1. The summed E-state index contributed by atoms with van der Waals surface area (Å²) in [6, 6.07) is 19.5. The molecule has 0 saturated heterocycles. The standard InChI is InChI=1S/C24H27N5O3.ClH/c1-23(2,32-15-17-11-7-5-8-12-17)22-27-19-20(25)26-16-29(21(19)28-22)24(30-3,31-4)18-13-9-6-10-14-18;/h5-14,16,25H,15H2,1-4H3,(H,27,28);1H. The largest absolute Gasteiger partial charge is 0.363 e. The maximum Gasteiger partial charge on any atom is 0.286 e. The van der Waals surface area contributed by atoms with Crippen molar-refractivity contribution in [2.24, 2.45) is 0 Å². The predicted octanol–water partition coefficient (Wildman–Crippen LogP) is 4.06. The first-order chi connectivity index (χ1) is 15.4. The van der Waals surface area contributed by atoms with E-state index in [4.69, 9.17) is 24.6 Å². The van der Waals surface area contributed by atoms with Crippen molar-refractivity contribution in [3.63, 3.8) is 0 Å². The van der Waals surface area contributed by atoms with E-state index in [0.717, 1.165) is 11.1 Å². The molecule has 33 heavy (non-hydrogen) atoms. The highest BCUT2D eigenvalue weighted by Crippen LogP contribution is 2.31. The highest BCUT2D eigenvalue weighted by Gasteiger charge is 2.37. The molecule has 2 heterocycles. The van der Waals surface area contributed by atoms with Crippen LogP contribution in [0.4, 0.5) is 0 Å². The Bertz CT molecular complexity index is 1250. The Kier molecular flexibility index (Phi) is 7.34. The van der Waals surface area contributed by atoms with Crippen LogP contribution < -0.4 is 5.49 Å². The lowest BCUT2D eigenvalue weighted by Crippen LogP contribution is -2.40. The van der Waals surface area contributed by atoms with E-state index >= 15 is 0 Å². The van der Waals surface area contributed by atoms with E-state index in [2.05, 4.69) is 9.97 Å². The minimum atomic E-state index is -1.30. The normalized spacial score (nSPS) is 12.0. The number of fused-ring (bicyclic) bond motifs is 1. The zero-order chi connectivity index (χ0) is 22.8. The van der Waals surface area contributed by atoms with Gasteiger partial charge in [-0.3, -0.25) is 9.98 Å². The zero-order valence-electron chi connectivity index (χ0n) is 19.0. The predicted molar refractivity (Wildman–Crippen MR) is 127 cm³/mol. The van der Waals surface area contributed by atoms with Crippen LogP contribution in [-0.2, 0) is 32.3 Å². The van der Waals surface area contributed by atoms with Gasteiger partial charge in [-0.05, 0) is 19.4 Å². The van der Waals surface area contributed by atoms with E-state index in [1.165, 1.54) is 6.33 Å². The highest BCUT2D eigenvalue weighted by atomic mass is 35.5. The summed E-state index contributed by atoms with van der Waals surface area (Å²) in [5, 5.41) is 8.32. The molecule has 0 bridgehead atoms. The highest BCUT2D eigenvalue weighted by molar-refractivity contribution is 5.85. The topological polar surface area (TPSA) is 98.0 Å². The van der Waals surface area contributed by atoms with Gasteiger partial charge in [0.2, 0.25) is 0 Å². The van der Waals surface area contributed by atoms with Gasteiger partial charge in [0.05, 0.1) is 6.61 Å². The van der Waals surface area contributed by atoms with Gasteiger partial charge in [-0.1, -0.05) is 60.7 Å². The van der Waals surface area contributed by atoms with Gasteiger partial charge in [-0.15, -0.1) is 12.4 Å². The number of ether oxygens (including phenoxy) is 3. The first-order valence-electron chi connectivity index (χ1n) is 10.3. The summed E-state index contributed by atoms with van der Waals surface area (Å²) in [4.78, 5) is 12.3. The van der Waals surface area contributed by atoms with Crippen LogP contribution in [0.5, 0.6) is 0 Å². The molecule has 2 aromatic carbocycles. The Morgan fingerprint density at radius 1 is 0.970 bits per heavy atom. The molecule has 174 valence electrons. The first-order valence-corrected chi connectivity index (χ1v) is 10.3. The van der Waals surface area contributed by atoms with Crippen LogP contribution in [-0.4, -0.2) is 33.7 Å². The maximum absolute atomic E-state index is 8.32. The number of aromatic nitrogens is 4. The summed E-state index contributed by atoms with van der Waals surface area (Å²) < 4.78 is 19.6. The third-order valence-electron chi connectivity index (χ3n) is 5.47. The van der Waals surface area contributed by atoms with Crippen LogP contribution in [0.3, 0.4) is 0 Å². The summed E-state index contributed by atoms with van der Waals surface area (Å²) in [5.41, 5.74) is 2.10. The minimum absolute atomic E-state index is 0. The number of benzene rings is 2. The Morgan fingerprint density at radius 3 is 2.18 bits per heavy atom. The molecule has 2 N–H and O–H groups in total. The molecule has 0 unspecified atom stereocenters. The summed E-state index contributed by atoms with van der Waals surface area (Å²) in [6.07, 6.45) is 1.51. The lowest BCUT2D eigenvalue weighted by molar-refractivity contribution is -0.234. The summed E-state index contributed by atoms with van der Waals surface area (Å²) in [6.45, 7) is 4.30. The number of halogens is 1. The average molecular weight is 470 g/mol. The van der Waals surface area contributed by atoms with Crippen molar-refractivity contribution in [3.05, 3.63) is 89.4 Å². The van der Waals surface area contributed by atoms with Crippen molar-refractivity contribution in [3.8, 4) is 0 Å². The van der Waals surface area contributed by atoms with E-state index in [1.807, 2.05) is 74.5 Å². The second-order valence-corrected chi connectivity index (χ2v) is 7.89. The zero-order valence-corrected chi connectivity index (χ0v) is 19.8. The second kappa shape index (κ2) is 9.84. The van der Waals surface area contributed by atoms with Gasteiger partial charge >= 0.3 is 0 Å². The van der Waals surface area contributed by atoms with Gasteiger partial charge in [0.15, 0.2) is 11.1 Å². The molecule has 0 amide bonds. The van der Waals surface area contributed by atoms with Gasteiger partial charge in [0.25, 0.3) is 5.91 Å². The maximum atomic E-state index is 8.32. The third-order valence-corrected chi connectivity index (χ3v) is 5.47. The van der Waals surface area contributed by atoms with E-state index in [1.54, 1.807) is 18.8 Å². The molecule has 9 heteroatoms. The lowest BCUT2D eigenvalue weighted by atomic mass is 10.1. The van der Waals surface area contributed by atoms with Crippen molar-refractivity contribution in [1.82, 2.24) is 19.5 Å². The van der Waals surface area contributed by atoms with Crippen LogP contribution in [0.2, 0.25) is 0 Å². The molecule has 0 saturated carbocycles.